The summed E-state index contributed by atoms with van der Waals surface area (Å²) in [6.45, 7) is 12.7. The van der Waals surface area contributed by atoms with Crippen LogP contribution in [0.5, 0.6) is 0 Å². The maximum atomic E-state index is 13.4. The van der Waals surface area contributed by atoms with Gasteiger partial charge in [0, 0.05) is 23.6 Å². The van der Waals surface area contributed by atoms with Gasteiger partial charge in [-0.2, -0.15) is 0 Å². The third-order valence-electron chi connectivity index (χ3n) is 6.00. The van der Waals surface area contributed by atoms with Crippen LogP contribution in [-0.4, -0.2) is 28.5 Å². The predicted molar refractivity (Wildman–Crippen MR) is 132 cm³/mol. The quantitative estimate of drug-likeness (QED) is 0.438. The van der Waals surface area contributed by atoms with Gasteiger partial charge in [0.05, 0.1) is 18.7 Å². The van der Waals surface area contributed by atoms with Gasteiger partial charge in [0.2, 0.25) is 0 Å². The fraction of sp³-hybridized carbons (Fsp3) is 0.333. The molecule has 0 saturated carbocycles. The van der Waals surface area contributed by atoms with Crippen molar-refractivity contribution in [1.29, 1.82) is 0 Å². The van der Waals surface area contributed by atoms with Gasteiger partial charge in [0.25, 0.3) is 0 Å². The first-order valence-electron chi connectivity index (χ1n) is 11.2. The molecule has 1 aromatic heterocycles. The molecule has 3 rings (SSSR count). The molecular weight excluding hydrogens is 414 g/mol. The van der Waals surface area contributed by atoms with Gasteiger partial charge in [-0.25, -0.2) is 9.59 Å². The van der Waals surface area contributed by atoms with E-state index in [1.54, 1.807) is 11.8 Å². The Kier molecular flexibility index (Phi) is 7.59. The summed E-state index contributed by atoms with van der Waals surface area (Å²) in [6.07, 6.45) is 0. The normalized spacial score (nSPS) is 10.7. The smallest absolute Gasteiger partial charge is 0.340 e. The minimum absolute atomic E-state index is 0.200. The van der Waals surface area contributed by atoms with E-state index in [4.69, 9.17) is 4.74 Å². The Balaban J connectivity index is 1.91. The Morgan fingerprint density at radius 2 is 1.64 bits per heavy atom. The standard InChI is InChI=1S/C27H33N3O3/c1-7-33-26(31)25-20(5)24(28-21(25)6)16-30(15-22-13-11-17(2)12-14-22)27(32)29-23-10-8-9-18(3)19(23)4/h8-14,28H,7,15-16H2,1-6H3,(H,29,32). The van der Waals surface area contributed by atoms with E-state index in [0.29, 0.717) is 25.3 Å². The number of hydrogen-bond donors (Lipinski definition) is 2. The molecule has 1 heterocycles. The lowest BCUT2D eigenvalue weighted by Gasteiger charge is -2.24. The number of nitrogens with zero attached hydrogens (tertiary/aromatic N) is 1. The molecular formula is C27H33N3O3. The Bertz CT molecular complexity index is 1150. The molecule has 6 nitrogen and oxygen atoms in total. The van der Waals surface area contributed by atoms with Crippen molar-refractivity contribution in [1.82, 2.24) is 9.88 Å². The molecule has 0 atom stereocenters. The highest BCUT2D eigenvalue weighted by Gasteiger charge is 2.23. The van der Waals surface area contributed by atoms with Crippen LogP contribution in [0.4, 0.5) is 10.5 Å². The SMILES string of the molecule is CCOC(=O)c1c(C)[nH]c(CN(Cc2ccc(C)cc2)C(=O)Nc2cccc(C)c2C)c1C. The number of carbonyl (C=O) groups excluding carboxylic acids is 2. The van der Waals surface area contributed by atoms with Gasteiger partial charge in [0.1, 0.15) is 0 Å². The molecule has 0 fully saturated rings. The first-order valence-corrected chi connectivity index (χ1v) is 11.2. The van der Waals surface area contributed by atoms with Crippen molar-refractivity contribution in [3.8, 4) is 0 Å². The minimum atomic E-state index is -0.347. The van der Waals surface area contributed by atoms with Crippen molar-refractivity contribution in [3.05, 3.63) is 87.2 Å². The number of rotatable bonds is 7. The number of anilines is 1. The van der Waals surface area contributed by atoms with Crippen molar-refractivity contribution in [2.75, 3.05) is 11.9 Å². The zero-order valence-corrected chi connectivity index (χ0v) is 20.3. The zero-order chi connectivity index (χ0) is 24.1. The molecule has 0 aliphatic heterocycles. The van der Waals surface area contributed by atoms with Crippen LogP contribution in [0.15, 0.2) is 42.5 Å². The van der Waals surface area contributed by atoms with Crippen molar-refractivity contribution in [3.63, 3.8) is 0 Å². The largest absolute Gasteiger partial charge is 0.462 e. The maximum Gasteiger partial charge on any atom is 0.340 e. The third kappa shape index (κ3) is 5.64. The number of aromatic amines is 1. The number of nitrogens with one attached hydrogen (secondary N) is 2. The van der Waals surface area contributed by atoms with Crippen LogP contribution in [0, 0.1) is 34.6 Å². The molecule has 2 amide bonds. The van der Waals surface area contributed by atoms with Gasteiger partial charge in [0.15, 0.2) is 0 Å². The molecule has 0 spiro atoms. The predicted octanol–water partition coefficient (Wildman–Crippen LogP) is 5.97. The van der Waals surface area contributed by atoms with Gasteiger partial charge in [-0.1, -0.05) is 42.0 Å². The Morgan fingerprint density at radius 3 is 2.30 bits per heavy atom. The Morgan fingerprint density at radius 1 is 0.939 bits per heavy atom. The summed E-state index contributed by atoms with van der Waals surface area (Å²) in [4.78, 5) is 30.9. The van der Waals surface area contributed by atoms with Crippen LogP contribution in [0.3, 0.4) is 0 Å². The van der Waals surface area contributed by atoms with E-state index in [1.807, 2.05) is 77.1 Å². The van der Waals surface area contributed by atoms with Crippen LogP contribution < -0.4 is 5.32 Å². The molecule has 0 aliphatic carbocycles. The summed E-state index contributed by atoms with van der Waals surface area (Å²) in [6, 6.07) is 13.8. The maximum absolute atomic E-state index is 13.4. The number of ether oxygens (including phenoxy) is 1. The lowest BCUT2D eigenvalue weighted by molar-refractivity contribution is 0.0525. The van der Waals surface area contributed by atoms with Crippen LogP contribution in [-0.2, 0) is 17.8 Å². The van der Waals surface area contributed by atoms with E-state index >= 15 is 0 Å². The zero-order valence-electron chi connectivity index (χ0n) is 20.3. The number of aromatic nitrogens is 1. The summed E-state index contributed by atoms with van der Waals surface area (Å²) in [5, 5.41) is 3.07. The fourth-order valence-corrected chi connectivity index (χ4v) is 3.87. The highest BCUT2D eigenvalue weighted by Crippen LogP contribution is 2.23. The second-order valence-corrected chi connectivity index (χ2v) is 8.47. The number of H-pyrrole nitrogens is 1. The van der Waals surface area contributed by atoms with E-state index in [1.165, 1.54) is 5.56 Å². The second kappa shape index (κ2) is 10.4. The summed E-state index contributed by atoms with van der Waals surface area (Å²) in [7, 11) is 0. The summed E-state index contributed by atoms with van der Waals surface area (Å²) >= 11 is 0. The fourth-order valence-electron chi connectivity index (χ4n) is 3.87. The first-order chi connectivity index (χ1) is 15.7. The van der Waals surface area contributed by atoms with E-state index in [9.17, 15) is 9.59 Å². The van der Waals surface area contributed by atoms with Crippen LogP contribution >= 0.6 is 0 Å². The third-order valence-corrected chi connectivity index (χ3v) is 6.00. The molecule has 33 heavy (non-hydrogen) atoms. The highest BCUT2D eigenvalue weighted by atomic mass is 16.5. The highest BCUT2D eigenvalue weighted by molar-refractivity contribution is 5.93. The lowest BCUT2D eigenvalue weighted by atomic mass is 10.1. The van der Waals surface area contributed by atoms with Gasteiger partial charge >= 0.3 is 12.0 Å². The van der Waals surface area contributed by atoms with Crippen molar-refractivity contribution in [2.24, 2.45) is 0 Å². The van der Waals surface area contributed by atoms with Crippen LogP contribution in [0.25, 0.3) is 0 Å². The number of carbonyl (C=O) groups is 2. The number of amides is 2. The second-order valence-electron chi connectivity index (χ2n) is 8.47. The molecule has 0 aliphatic rings. The molecule has 3 aromatic rings. The number of benzene rings is 2. The summed E-state index contributed by atoms with van der Waals surface area (Å²) < 4.78 is 5.21. The molecule has 0 bridgehead atoms. The summed E-state index contributed by atoms with van der Waals surface area (Å²) in [5.41, 5.74) is 8.05. The molecule has 2 aromatic carbocycles. The van der Waals surface area contributed by atoms with Crippen molar-refractivity contribution < 1.29 is 14.3 Å². The Labute approximate surface area is 196 Å². The van der Waals surface area contributed by atoms with Gasteiger partial charge in [-0.3, -0.25) is 0 Å². The molecule has 2 N–H and O–H groups in total. The van der Waals surface area contributed by atoms with E-state index < -0.39 is 0 Å². The Hall–Kier alpha value is -3.54. The van der Waals surface area contributed by atoms with Gasteiger partial charge < -0.3 is 19.9 Å². The lowest BCUT2D eigenvalue weighted by Crippen LogP contribution is -2.34. The van der Waals surface area contributed by atoms with E-state index in [2.05, 4.69) is 10.3 Å². The first kappa shape index (κ1) is 24.1. The van der Waals surface area contributed by atoms with Crippen LogP contribution in [0.2, 0.25) is 0 Å². The van der Waals surface area contributed by atoms with Gasteiger partial charge in [-0.05, 0) is 69.9 Å². The molecule has 0 saturated heterocycles. The molecule has 174 valence electrons. The number of aryl methyl sites for hydroxylation is 3. The van der Waals surface area contributed by atoms with Crippen molar-refractivity contribution in [2.45, 2.75) is 54.6 Å². The number of hydrogen-bond acceptors (Lipinski definition) is 3. The molecule has 6 heteroatoms. The van der Waals surface area contributed by atoms with E-state index in [0.717, 1.165) is 39.3 Å². The molecule has 0 radical (unpaired) electrons. The topological polar surface area (TPSA) is 74.4 Å². The van der Waals surface area contributed by atoms with E-state index in [-0.39, 0.29) is 12.0 Å². The minimum Gasteiger partial charge on any atom is -0.462 e. The molecule has 0 unspecified atom stereocenters. The monoisotopic (exact) mass is 447 g/mol. The number of urea groups is 1. The summed E-state index contributed by atoms with van der Waals surface area (Å²) in [5.74, 6) is -0.347. The number of esters is 1. The average Bonchev–Trinajstić information content (AvgIpc) is 3.05. The van der Waals surface area contributed by atoms with Crippen LogP contribution in [0.1, 0.15) is 56.5 Å². The average molecular weight is 448 g/mol. The van der Waals surface area contributed by atoms with Crippen molar-refractivity contribution >= 4 is 17.7 Å². The van der Waals surface area contributed by atoms with Gasteiger partial charge in [-0.15, -0.1) is 0 Å².